The molecule has 0 spiro atoms. The Morgan fingerprint density at radius 2 is 2.00 bits per heavy atom. The first-order valence-electron chi connectivity index (χ1n) is 8.13. The lowest BCUT2D eigenvalue weighted by molar-refractivity contribution is -0.146. The van der Waals surface area contributed by atoms with Gasteiger partial charge in [0.15, 0.2) is 6.10 Å². The zero-order valence-corrected chi connectivity index (χ0v) is 15.1. The van der Waals surface area contributed by atoms with Gasteiger partial charge < -0.3 is 14.7 Å². The van der Waals surface area contributed by atoms with Gasteiger partial charge in [0, 0.05) is 13.1 Å². The number of carbonyl (C=O) groups is 1. The van der Waals surface area contributed by atoms with Crippen molar-refractivity contribution in [3.8, 4) is 0 Å². The molecule has 1 N–H and O–H groups in total. The summed E-state index contributed by atoms with van der Waals surface area (Å²) in [6.45, 7) is 0.938. The van der Waals surface area contributed by atoms with Gasteiger partial charge in [0.1, 0.15) is 0 Å². The molecule has 0 saturated carbocycles. The van der Waals surface area contributed by atoms with Crippen molar-refractivity contribution in [1.29, 1.82) is 0 Å². The Bertz CT molecular complexity index is 766. The summed E-state index contributed by atoms with van der Waals surface area (Å²) in [5, 5.41) is 10.3. The zero-order valence-electron chi connectivity index (χ0n) is 13.6. The number of halogens is 2. The predicted molar refractivity (Wildman–Crippen MR) is 97.8 cm³/mol. The van der Waals surface area contributed by atoms with Crippen LogP contribution in [0.15, 0.2) is 42.5 Å². The fourth-order valence-corrected chi connectivity index (χ4v) is 3.33. The third kappa shape index (κ3) is 4.15. The van der Waals surface area contributed by atoms with Crippen molar-refractivity contribution < 1.29 is 14.6 Å². The molecule has 0 radical (unpaired) electrons. The maximum atomic E-state index is 13.0. The summed E-state index contributed by atoms with van der Waals surface area (Å²) in [7, 11) is 0. The second-order valence-corrected chi connectivity index (χ2v) is 6.75. The van der Waals surface area contributed by atoms with Gasteiger partial charge in [0.2, 0.25) is 0 Å². The van der Waals surface area contributed by atoms with Crippen LogP contribution in [-0.2, 0) is 22.5 Å². The smallest absolute Gasteiger partial charge is 0.256 e. The van der Waals surface area contributed by atoms with E-state index in [1.54, 1.807) is 17.0 Å². The molecule has 4 nitrogen and oxygen atoms in total. The highest BCUT2D eigenvalue weighted by Gasteiger charge is 2.30. The molecule has 0 aromatic heterocycles. The minimum atomic E-state index is -0.640. The van der Waals surface area contributed by atoms with Crippen molar-refractivity contribution >= 4 is 29.1 Å². The van der Waals surface area contributed by atoms with Gasteiger partial charge in [-0.3, -0.25) is 4.79 Å². The van der Waals surface area contributed by atoms with Crippen LogP contribution in [0.3, 0.4) is 0 Å². The van der Waals surface area contributed by atoms with Crippen LogP contribution in [0.1, 0.15) is 22.8 Å². The lowest BCUT2D eigenvalue weighted by atomic mass is 9.96. The molecule has 1 amide bonds. The minimum Gasteiger partial charge on any atom is -0.395 e. The molecule has 1 heterocycles. The highest BCUT2D eigenvalue weighted by Crippen LogP contribution is 2.29. The molecule has 1 atom stereocenters. The summed E-state index contributed by atoms with van der Waals surface area (Å²) in [4.78, 5) is 14.6. The Morgan fingerprint density at radius 1 is 1.20 bits per heavy atom. The van der Waals surface area contributed by atoms with Gasteiger partial charge in [0.25, 0.3) is 5.91 Å². The number of aliphatic hydroxyl groups is 1. The molecule has 0 fully saturated rings. The van der Waals surface area contributed by atoms with E-state index >= 15 is 0 Å². The van der Waals surface area contributed by atoms with Crippen LogP contribution in [0.5, 0.6) is 0 Å². The van der Waals surface area contributed by atoms with Gasteiger partial charge in [-0.05, 0) is 35.2 Å². The molecule has 0 saturated heterocycles. The predicted octanol–water partition coefficient (Wildman–Crippen LogP) is 3.63. The van der Waals surface area contributed by atoms with Crippen LogP contribution >= 0.6 is 23.2 Å². The molecule has 2 aromatic carbocycles. The third-order valence-corrected chi connectivity index (χ3v) is 5.00. The van der Waals surface area contributed by atoms with Crippen LogP contribution in [0.4, 0.5) is 0 Å². The number of benzene rings is 2. The monoisotopic (exact) mass is 379 g/mol. The van der Waals surface area contributed by atoms with Gasteiger partial charge in [-0.1, -0.05) is 53.5 Å². The van der Waals surface area contributed by atoms with Crippen LogP contribution in [-0.4, -0.2) is 35.7 Å². The first-order chi connectivity index (χ1) is 12.1. The first kappa shape index (κ1) is 18.2. The SMILES string of the molecule is O=C(C1OCCc2ccccc21)N(CCO)Cc1ccc(Cl)c(Cl)c1. The molecule has 25 heavy (non-hydrogen) atoms. The molecule has 1 unspecified atom stereocenters. The fourth-order valence-electron chi connectivity index (χ4n) is 3.01. The zero-order chi connectivity index (χ0) is 17.8. The number of amides is 1. The second-order valence-electron chi connectivity index (χ2n) is 5.93. The van der Waals surface area contributed by atoms with Gasteiger partial charge in [-0.15, -0.1) is 0 Å². The van der Waals surface area contributed by atoms with E-state index in [2.05, 4.69) is 0 Å². The van der Waals surface area contributed by atoms with E-state index in [0.717, 1.165) is 23.1 Å². The number of fused-ring (bicyclic) bond motifs is 1. The lowest BCUT2D eigenvalue weighted by Gasteiger charge is -2.30. The lowest BCUT2D eigenvalue weighted by Crippen LogP contribution is -2.39. The number of rotatable bonds is 5. The van der Waals surface area contributed by atoms with E-state index in [1.807, 2.05) is 30.3 Å². The van der Waals surface area contributed by atoms with Crippen LogP contribution < -0.4 is 0 Å². The van der Waals surface area contributed by atoms with Crippen molar-refractivity contribution in [2.24, 2.45) is 0 Å². The molecular formula is C19H19Cl2NO3. The Labute approximate surface area is 156 Å². The van der Waals surface area contributed by atoms with Crippen molar-refractivity contribution in [3.05, 3.63) is 69.2 Å². The van der Waals surface area contributed by atoms with Crippen LogP contribution in [0, 0.1) is 0 Å². The molecule has 1 aliphatic rings. The van der Waals surface area contributed by atoms with Crippen molar-refractivity contribution in [2.75, 3.05) is 19.8 Å². The van der Waals surface area contributed by atoms with E-state index in [9.17, 15) is 9.90 Å². The van der Waals surface area contributed by atoms with E-state index in [1.165, 1.54) is 0 Å². The molecule has 0 aliphatic carbocycles. The Kier molecular flexibility index (Phi) is 5.97. The van der Waals surface area contributed by atoms with Gasteiger partial charge >= 0.3 is 0 Å². The number of hydrogen-bond acceptors (Lipinski definition) is 3. The maximum absolute atomic E-state index is 13.0. The average molecular weight is 380 g/mol. The molecule has 1 aliphatic heterocycles. The number of aliphatic hydroxyl groups excluding tert-OH is 1. The standard InChI is InChI=1S/C19H19Cl2NO3/c20-16-6-5-13(11-17(16)21)12-22(8-9-23)19(24)18-15-4-2-1-3-14(15)7-10-25-18/h1-6,11,18,23H,7-10,12H2. The fraction of sp³-hybridized carbons (Fsp3) is 0.316. The first-order valence-corrected chi connectivity index (χ1v) is 8.88. The minimum absolute atomic E-state index is 0.124. The van der Waals surface area contributed by atoms with Crippen molar-refractivity contribution in [2.45, 2.75) is 19.1 Å². The molecular weight excluding hydrogens is 361 g/mol. The number of carbonyl (C=O) groups excluding carboxylic acids is 1. The molecule has 132 valence electrons. The Morgan fingerprint density at radius 3 is 2.76 bits per heavy atom. The third-order valence-electron chi connectivity index (χ3n) is 4.26. The van der Waals surface area contributed by atoms with Crippen molar-refractivity contribution in [1.82, 2.24) is 4.90 Å². The van der Waals surface area contributed by atoms with Gasteiger partial charge in [-0.2, -0.15) is 0 Å². The van der Waals surface area contributed by atoms with E-state index < -0.39 is 6.10 Å². The normalized spacial score (nSPS) is 16.4. The van der Waals surface area contributed by atoms with E-state index in [0.29, 0.717) is 23.2 Å². The number of nitrogens with zero attached hydrogens (tertiary/aromatic N) is 1. The highest BCUT2D eigenvalue weighted by molar-refractivity contribution is 6.42. The summed E-state index contributed by atoms with van der Waals surface area (Å²) in [6.07, 6.45) is 0.159. The number of hydrogen-bond donors (Lipinski definition) is 1. The summed E-state index contributed by atoms with van der Waals surface area (Å²) in [5.41, 5.74) is 2.88. The Hall–Kier alpha value is -1.59. The maximum Gasteiger partial charge on any atom is 0.256 e. The number of ether oxygens (including phenoxy) is 1. The van der Waals surface area contributed by atoms with Crippen LogP contribution in [0.25, 0.3) is 0 Å². The molecule has 6 heteroatoms. The molecule has 2 aromatic rings. The van der Waals surface area contributed by atoms with E-state index in [4.69, 9.17) is 27.9 Å². The largest absolute Gasteiger partial charge is 0.395 e. The average Bonchev–Trinajstić information content (AvgIpc) is 2.63. The quantitative estimate of drug-likeness (QED) is 0.862. The molecule has 0 bridgehead atoms. The summed E-state index contributed by atoms with van der Waals surface area (Å²) < 4.78 is 5.75. The van der Waals surface area contributed by atoms with Crippen molar-refractivity contribution in [3.63, 3.8) is 0 Å². The highest BCUT2D eigenvalue weighted by atomic mass is 35.5. The van der Waals surface area contributed by atoms with E-state index in [-0.39, 0.29) is 19.1 Å². The summed E-state index contributed by atoms with van der Waals surface area (Å²) >= 11 is 12.0. The summed E-state index contributed by atoms with van der Waals surface area (Å²) in [6, 6.07) is 13.1. The second kappa shape index (κ2) is 8.19. The van der Waals surface area contributed by atoms with Gasteiger partial charge in [0.05, 0.1) is 23.3 Å². The molecule has 3 rings (SSSR count). The topological polar surface area (TPSA) is 49.8 Å². The van der Waals surface area contributed by atoms with Gasteiger partial charge in [-0.25, -0.2) is 0 Å². The summed E-state index contributed by atoms with van der Waals surface area (Å²) in [5.74, 6) is -0.160. The van der Waals surface area contributed by atoms with Crippen LogP contribution in [0.2, 0.25) is 10.0 Å². The Balaban J connectivity index is 1.83.